The highest BCUT2D eigenvalue weighted by molar-refractivity contribution is 9.11. The van der Waals surface area contributed by atoms with Crippen molar-refractivity contribution in [1.29, 1.82) is 0 Å². The zero-order valence-corrected chi connectivity index (χ0v) is 26.5. The SMILES string of the molecule is C/C(Cl)=C\N.C=CC.CC.CC.CC(O)NC(=O)c1cc(Br)cc(Br)c1NC(=O)c1cc(Br)[nH]n1. The highest BCUT2D eigenvalue weighted by Crippen LogP contribution is 2.31. The minimum absolute atomic E-state index is 0.161. The lowest BCUT2D eigenvalue weighted by Crippen LogP contribution is -2.33. The number of hydrogen-bond acceptors (Lipinski definition) is 5. The molecule has 8 nitrogen and oxygen atoms in total. The highest BCUT2D eigenvalue weighted by Gasteiger charge is 2.20. The number of benzene rings is 1. The van der Waals surface area contributed by atoms with Gasteiger partial charge < -0.3 is 21.5 Å². The number of aromatic nitrogens is 2. The third kappa shape index (κ3) is 17.4. The number of amides is 2. The van der Waals surface area contributed by atoms with Gasteiger partial charge in [-0.1, -0.05) is 61.3 Å². The van der Waals surface area contributed by atoms with E-state index in [1.807, 2.05) is 34.6 Å². The first-order valence-electron chi connectivity index (χ1n) is 10.6. The van der Waals surface area contributed by atoms with Crippen molar-refractivity contribution in [2.45, 2.75) is 54.7 Å². The minimum Gasteiger partial charge on any atom is -0.404 e. The van der Waals surface area contributed by atoms with Gasteiger partial charge in [0.2, 0.25) is 0 Å². The third-order valence-electron chi connectivity index (χ3n) is 2.89. The Kier molecular flexibility index (Phi) is 24.7. The molecular formula is C23H35Br3ClN5O3. The quantitative estimate of drug-likeness (QED) is 0.168. The summed E-state index contributed by atoms with van der Waals surface area (Å²) in [4.78, 5) is 24.4. The fraction of sp³-hybridized carbons (Fsp3) is 0.348. The number of rotatable bonds is 4. The molecule has 1 atom stereocenters. The average molecular weight is 705 g/mol. The lowest BCUT2D eigenvalue weighted by Gasteiger charge is -2.14. The molecule has 2 aromatic rings. The van der Waals surface area contributed by atoms with E-state index in [9.17, 15) is 14.7 Å². The number of aliphatic hydroxyl groups is 1. The van der Waals surface area contributed by atoms with Crippen LogP contribution in [-0.2, 0) is 0 Å². The molecule has 1 unspecified atom stereocenters. The monoisotopic (exact) mass is 701 g/mol. The number of halogens is 4. The minimum atomic E-state index is -1.02. The number of aliphatic hydroxyl groups excluding tert-OH is 1. The lowest BCUT2D eigenvalue weighted by atomic mass is 10.1. The van der Waals surface area contributed by atoms with Crippen molar-refractivity contribution in [2.75, 3.05) is 5.32 Å². The lowest BCUT2D eigenvalue weighted by molar-refractivity contribution is 0.0819. The van der Waals surface area contributed by atoms with E-state index < -0.39 is 18.0 Å². The fourth-order valence-electron chi connectivity index (χ4n) is 1.74. The summed E-state index contributed by atoms with van der Waals surface area (Å²) in [6, 6.07) is 4.74. The molecule has 0 spiro atoms. The van der Waals surface area contributed by atoms with Gasteiger partial charge in [-0.05, 0) is 64.8 Å². The second-order valence-corrected chi connectivity index (χ2v) is 8.90. The third-order valence-corrected chi connectivity index (χ3v) is 4.50. The van der Waals surface area contributed by atoms with Crippen LogP contribution in [0.1, 0.15) is 69.3 Å². The summed E-state index contributed by atoms with van der Waals surface area (Å²) < 4.78 is 1.70. The molecule has 1 aromatic carbocycles. The van der Waals surface area contributed by atoms with E-state index in [0.29, 0.717) is 18.6 Å². The molecule has 0 aliphatic heterocycles. The summed E-state index contributed by atoms with van der Waals surface area (Å²) in [6.07, 6.45) is 2.08. The smallest absolute Gasteiger partial charge is 0.276 e. The predicted molar refractivity (Wildman–Crippen MR) is 158 cm³/mol. The van der Waals surface area contributed by atoms with Gasteiger partial charge in [-0.25, -0.2) is 0 Å². The second-order valence-electron chi connectivity index (χ2n) is 5.68. The van der Waals surface area contributed by atoms with Crippen LogP contribution in [0, 0.1) is 0 Å². The Balaban J connectivity index is -0.000000722. The van der Waals surface area contributed by atoms with Crippen LogP contribution in [0.3, 0.4) is 0 Å². The largest absolute Gasteiger partial charge is 0.404 e. The number of aromatic amines is 1. The van der Waals surface area contributed by atoms with E-state index in [4.69, 9.17) is 17.3 Å². The fourth-order valence-corrected chi connectivity index (χ4v) is 3.37. The maximum absolute atomic E-state index is 12.2. The molecule has 198 valence electrons. The number of allylic oxidation sites excluding steroid dienone is 2. The molecule has 0 saturated carbocycles. The van der Waals surface area contributed by atoms with Crippen LogP contribution in [0.4, 0.5) is 5.69 Å². The van der Waals surface area contributed by atoms with Crippen molar-refractivity contribution in [3.63, 3.8) is 0 Å². The highest BCUT2D eigenvalue weighted by atomic mass is 79.9. The van der Waals surface area contributed by atoms with Crippen molar-refractivity contribution >= 4 is 76.9 Å². The Hall–Kier alpha value is -1.66. The molecule has 12 heteroatoms. The van der Waals surface area contributed by atoms with Crippen LogP contribution >= 0.6 is 59.4 Å². The van der Waals surface area contributed by atoms with Gasteiger partial charge in [-0.15, -0.1) is 6.58 Å². The number of nitrogens with two attached hydrogens (primary N) is 1. The van der Waals surface area contributed by atoms with Crippen molar-refractivity contribution in [3.05, 3.63) is 66.9 Å². The molecule has 0 aliphatic carbocycles. The predicted octanol–water partition coefficient (Wildman–Crippen LogP) is 7.31. The standard InChI is InChI=1S/C13H11Br3N4O3.C3H6ClN.C3H6.2C2H6/c1-5(21)17-12(22)7-2-6(14)3-8(15)11(7)18-13(23)9-4-10(16)20-19-9;1-3(4)2-5;1-3-2;2*1-2/h2-5,21H,1H3,(H,17,22)(H,18,23)(H,19,20);2H,5H2,1H3;3H,1H2,2H3;2*1-2H3/b;3-2+;;;. The Labute approximate surface area is 238 Å². The van der Waals surface area contributed by atoms with E-state index in [-0.39, 0.29) is 16.9 Å². The van der Waals surface area contributed by atoms with E-state index in [1.165, 1.54) is 19.2 Å². The van der Waals surface area contributed by atoms with Crippen molar-refractivity contribution in [3.8, 4) is 0 Å². The van der Waals surface area contributed by atoms with E-state index in [1.54, 1.807) is 25.1 Å². The van der Waals surface area contributed by atoms with Gasteiger partial charge in [-0.2, -0.15) is 5.10 Å². The van der Waals surface area contributed by atoms with Crippen molar-refractivity contribution < 1.29 is 14.7 Å². The van der Waals surface area contributed by atoms with Gasteiger partial charge in [0.1, 0.15) is 10.8 Å². The Morgan fingerprint density at radius 2 is 1.66 bits per heavy atom. The molecule has 0 aliphatic rings. The first-order valence-corrected chi connectivity index (χ1v) is 13.3. The van der Waals surface area contributed by atoms with Gasteiger partial charge in [0.25, 0.3) is 11.8 Å². The normalized spacial score (nSPS) is 10.2. The molecule has 1 heterocycles. The summed E-state index contributed by atoms with van der Waals surface area (Å²) in [5.41, 5.74) is 5.50. The Bertz CT molecular complexity index is 931. The van der Waals surface area contributed by atoms with Crippen molar-refractivity contribution in [1.82, 2.24) is 15.5 Å². The Morgan fingerprint density at radius 3 is 2.03 bits per heavy atom. The average Bonchev–Trinajstić information content (AvgIpc) is 3.25. The van der Waals surface area contributed by atoms with Gasteiger partial charge in [-0.3, -0.25) is 14.7 Å². The molecule has 35 heavy (non-hydrogen) atoms. The van der Waals surface area contributed by atoms with Gasteiger partial charge in [0.15, 0.2) is 5.69 Å². The molecule has 0 saturated heterocycles. The van der Waals surface area contributed by atoms with Crippen LogP contribution in [0.5, 0.6) is 0 Å². The first kappa shape index (κ1) is 37.9. The van der Waals surface area contributed by atoms with Crippen LogP contribution in [0.15, 0.2) is 55.6 Å². The zero-order valence-electron chi connectivity index (χ0n) is 21.0. The van der Waals surface area contributed by atoms with Gasteiger partial charge in [0.05, 0.1) is 11.3 Å². The van der Waals surface area contributed by atoms with Crippen LogP contribution in [0.25, 0.3) is 0 Å². The van der Waals surface area contributed by atoms with E-state index >= 15 is 0 Å². The molecule has 2 amide bonds. The number of H-pyrrole nitrogens is 1. The summed E-state index contributed by atoms with van der Waals surface area (Å²) in [6.45, 7) is 16.4. The zero-order chi connectivity index (χ0) is 28.1. The summed E-state index contributed by atoms with van der Waals surface area (Å²) in [5, 5.41) is 21.4. The Morgan fingerprint density at radius 1 is 1.17 bits per heavy atom. The maximum atomic E-state index is 12.2. The number of anilines is 1. The first-order chi connectivity index (χ1) is 16.5. The van der Waals surface area contributed by atoms with Crippen LogP contribution < -0.4 is 16.4 Å². The molecule has 0 fully saturated rings. The topological polar surface area (TPSA) is 133 Å². The van der Waals surface area contributed by atoms with E-state index in [0.717, 1.165) is 0 Å². The molecule has 0 bridgehead atoms. The van der Waals surface area contributed by atoms with Gasteiger partial charge >= 0.3 is 0 Å². The molecular weight excluding hydrogens is 669 g/mol. The second kappa shape index (κ2) is 22.8. The van der Waals surface area contributed by atoms with Crippen molar-refractivity contribution in [2.24, 2.45) is 5.73 Å². The summed E-state index contributed by atoms with van der Waals surface area (Å²) >= 11 is 15.0. The number of carbonyl (C=O) groups excluding carboxylic acids is 2. The van der Waals surface area contributed by atoms with Crippen LogP contribution in [0.2, 0.25) is 0 Å². The van der Waals surface area contributed by atoms with E-state index in [2.05, 4.69) is 75.2 Å². The number of nitrogens with one attached hydrogen (secondary N) is 3. The number of hydrogen-bond donors (Lipinski definition) is 5. The number of nitrogens with zero attached hydrogens (tertiary/aromatic N) is 1. The number of carbonyl (C=O) groups is 2. The molecule has 1 aromatic heterocycles. The summed E-state index contributed by atoms with van der Waals surface area (Å²) in [7, 11) is 0. The van der Waals surface area contributed by atoms with Gasteiger partial charge in [0, 0.05) is 26.2 Å². The molecule has 0 radical (unpaired) electrons. The molecule has 2 rings (SSSR count). The molecule has 6 N–H and O–H groups in total. The summed E-state index contributed by atoms with van der Waals surface area (Å²) in [5.74, 6) is -1.01. The maximum Gasteiger partial charge on any atom is 0.276 e. The van der Waals surface area contributed by atoms with Crippen LogP contribution in [-0.4, -0.2) is 33.3 Å².